The van der Waals surface area contributed by atoms with Crippen molar-refractivity contribution in [2.45, 2.75) is 58.9 Å². The summed E-state index contributed by atoms with van der Waals surface area (Å²) in [6.07, 6.45) is 6.55. The van der Waals surface area contributed by atoms with Gasteiger partial charge >= 0.3 is 0 Å². The molecule has 2 unspecified atom stereocenters. The Bertz CT molecular complexity index is 178. The van der Waals surface area contributed by atoms with Crippen molar-refractivity contribution in [1.82, 2.24) is 4.90 Å². The first-order chi connectivity index (χ1) is 7.71. The number of nitrogens with two attached hydrogens (primary N) is 1. The highest BCUT2D eigenvalue weighted by Gasteiger charge is 2.25. The quantitative estimate of drug-likeness (QED) is 0.723. The molecule has 96 valence electrons. The third-order valence-electron chi connectivity index (χ3n) is 4.33. The van der Waals surface area contributed by atoms with Crippen LogP contribution in [0.15, 0.2) is 0 Å². The SMILES string of the molecule is CCC(CC)CN(CC)CC1CCCC1N. The maximum atomic E-state index is 6.15. The molecule has 0 aromatic rings. The van der Waals surface area contributed by atoms with Gasteiger partial charge in [-0.2, -0.15) is 0 Å². The van der Waals surface area contributed by atoms with Crippen LogP contribution in [0.1, 0.15) is 52.9 Å². The number of hydrogen-bond donors (Lipinski definition) is 1. The van der Waals surface area contributed by atoms with Crippen molar-refractivity contribution in [2.75, 3.05) is 19.6 Å². The van der Waals surface area contributed by atoms with Gasteiger partial charge < -0.3 is 10.6 Å². The van der Waals surface area contributed by atoms with E-state index in [1.54, 1.807) is 0 Å². The van der Waals surface area contributed by atoms with E-state index in [0.717, 1.165) is 11.8 Å². The molecule has 0 bridgehead atoms. The lowest BCUT2D eigenvalue weighted by Gasteiger charge is -2.29. The molecule has 0 heterocycles. The summed E-state index contributed by atoms with van der Waals surface area (Å²) in [6.45, 7) is 10.6. The lowest BCUT2D eigenvalue weighted by molar-refractivity contribution is 0.196. The fraction of sp³-hybridized carbons (Fsp3) is 1.00. The highest BCUT2D eigenvalue weighted by atomic mass is 15.1. The summed E-state index contributed by atoms with van der Waals surface area (Å²) in [5, 5.41) is 0. The summed E-state index contributed by atoms with van der Waals surface area (Å²) < 4.78 is 0. The molecule has 0 aromatic carbocycles. The maximum absolute atomic E-state index is 6.15. The average molecular weight is 226 g/mol. The second-order valence-corrected chi connectivity index (χ2v) is 5.39. The van der Waals surface area contributed by atoms with Gasteiger partial charge in [-0.1, -0.05) is 40.0 Å². The predicted octanol–water partition coefficient (Wildman–Crippen LogP) is 2.87. The molecular weight excluding hydrogens is 196 g/mol. The molecule has 0 aromatic heterocycles. The van der Waals surface area contributed by atoms with E-state index in [-0.39, 0.29) is 0 Å². The molecule has 0 aliphatic heterocycles. The van der Waals surface area contributed by atoms with Crippen molar-refractivity contribution in [2.24, 2.45) is 17.6 Å². The van der Waals surface area contributed by atoms with Crippen molar-refractivity contribution < 1.29 is 0 Å². The summed E-state index contributed by atoms with van der Waals surface area (Å²) in [5.41, 5.74) is 6.15. The molecule has 0 spiro atoms. The molecule has 2 atom stereocenters. The van der Waals surface area contributed by atoms with Crippen molar-refractivity contribution in [3.63, 3.8) is 0 Å². The van der Waals surface area contributed by atoms with E-state index < -0.39 is 0 Å². The molecule has 1 fully saturated rings. The zero-order valence-corrected chi connectivity index (χ0v) is 11.4. The summed E-state index contributed by atoms with van der Waals surface area (Å²) in [7, 11) is 0. The zero-order valence-electron chi connectivity index (χ0n) is 11.4. The molecule has 2 nitrogen and oxygen atoms in total. The van der Waals surface area contributed by atoms with E-state index in [1.165, 1.54) is 51.7 Å². The van der Waals surface area contributed by atoms with E-state index in [2.05, 4.69) is 25.7 Å². The van der Waals surface area contributed by atoms with Crippen molar-refractivity contribution >= 4 is 0 Å². The molecule has 0 amide bonds. The van der Waals surface area contributed by atoms with Crippen LogP contribution in [0.25, 0.3) is 0 Å². The Labute approximate surface area is 102 Å². The molecule has 1 rings (SSSR count). The number of hydrogen-bond acceptors (Lipinski definition) is 2. The fourth-order valence-electron chi connectivity index (χ4n) is 2.87. The van der Waals surface area contributed by atoms with Gasteiger partial charge in [0.05, 0.1) is 0 Å². The third kappa shape index (κ3) is 4.06. The topological polar surface area (TPSA) is 29.3 Å². The second kappa shape index (κ2) is 7.29. The van der Waals surface area contributed by atoms with Gasteiger partial charge in [0.15, 0.2) is 0 Å². The third-order valence-corrected chi connectivity index (χ3v) is 4.33. The minimum Gasteiger partial charge on any atom is -0.327 e. The molecular formula is C14H30N2. The van der Waals surface area contributed by atoms with Gasteiger partial charge in [0, 0.05) is 19.1 Å². The largest absolute Gasteiger partial charge is 0.327 e. The fourth-order valence-corrected chi connectivity index (χ4v) is 2.87. The standard InChI is InChI=1S/C14H30N2/c1-4-12(5-2)10-16(6-3)11-13-8-7-9-14(13)15/h12-14H,4-11,15H2,1-3H3. The molecule has 2 N–H and O–H groups in total. The average Bonchev–Trinajstić information content (AvgIpc) is 2.70. The van der Waals surface area contributed by atoms with E-state index in [1.807, 2.05) is 0 Å². The molecule has 16 heavy (non-hydrogen) atoms. The summed E-state index contributed by atoms with van der Waals surface area (Å²) >= 11 is 0. The Balaban J connectivity index is 2.35. The molecule has 1 aliphatic rings. The summed E-state index contributed by atoms with van der Waals surface area (Å²) in [5.74, 6) is 1.63. The van der Waals surface area contributed by atoms with Gasteiger partial charge in [-0.25, -0.2) is 0 Å². The van der Waals surface area contributed by atoms with Gasteiger partial charge in [-0.15, -0.1) is 0 Å². The summed E-state index contributed by atoms with van der Waals surface area (Å²) in [4.78, 5) is 2.62. The van der Waals surface area contributed by atoms with E-state index in [0.29, 0.717) is 6.04 Å². The second-order valence-electron chi connectivity index (χ2n) is 5.39. The van der Waals surface area contributed by atoms with Crippen LogP contribution >= 0.6 is 0 Å². The normalized spacial score (nSPS) is 25.9. The Morgan fingerprint density at radius 1 is 1.19 bits per heavy atom. The zero-order chi connectivity index (χ0) is 12.0. The Kier molecular flexibility index (Phi) is 6.37. The van der Waals surface area contributed by atoms with Crippen LogP contribution in [0.3, 0.4) is 0 Å². The van der Waals surface area contributed by atoms with Gasteiger partial charge in [0.25, 0.3) is 0 Å². The van der Waals surface area contributed by atoms with Crippen LogP contribution in [-0.2, 0) is 0 Å². The van der Waals surface area contributed by atoms with Crippen LogP contribution in [0, 0.1) is 11.8 Å². The first-order valence-corrected chi connectivity index (χ1v) is 7.19. The van der Waals surface area contributed by atoms with Gasteiger partial charge in [0.2, 0.25) is 0 Å². The lowest BCUT2D eigenvalue weighted by Crippen LogP contribution is -2.38. The molecule has 0 saturated heterocycles. The number of nitrogens with zero attached hydrogens (tertiary/aromatic N) is 1. The lowest BCUT2D eigenvalue weighted by atomic mass is 10.00. The highest BCUT2D eigenvalue weighted by molar-refractivity contribution is 4.82. The van der Waals surface area contributed by atoms with Crippen LogP contribution < -0.4 is 5.73 Å². The Morgan fingerprint density at radius 3 is 2.31 bits per heavy atom. The minimum atomic E-state index is 0.468. The van der Waals surface area contributed by atoms with Crippen molar-refractivity contribution in [3.05, 3.63) is 0 Å². The van der Waals surface area contributed by atoms with E-state index >= 15 is 0 Å². The smallest absolute Gasteiger partial charge is 0.00793 e. The van der Waals surface area contributed by atoms with Crippen LogP contribution in [0.2, 0.25) is 0 Å². The van der Waals surface area contributed by atoms with Gasteiger partial charge in [-0.05, 0) is 31.2 Å². The minimum absolute atomic E-state index is 0.468. The Hall–Kier alpha value is -0.0800. The first-order valence-electron chi connectivity index (χ1n) is 7.19. The van der Waals surface area contributed by atoms with Crippen LogP contribution in [0.5, 0.6) is 0 Å². The van der Waals surface area contributed by atoms with Gasteiger partial charge in [0.1, 0.15) is 0 Å². The van der Waals surface area contributed by atoms with Crippen LogP contribution in [0.4, 0.5) is 0 Å². The van der Waals surface area contributed by atoms with Crippen molar-refractivity contribution in [1.29, 1.82) is 0 Å². The molecule has 0 radical (unpaired) electrons. The Morgan fingerprint density at radius 2 is 1.88 bits per heavy atom. The van der Waals surface area contributed by atoms with E-state index in [9.17, 15) is 0 Å². The predicted molar refractivity (Wildman–Crippen MR) is 71.5 cm³/mol. The van der Waals surface area contributed by atoms with Crippen molar-refractivity contribution in [3.8, 4) is 0 Å². The highest BCUT2D eigenvalue weighted by Crippen LogP contribution is 2.25. The monoisotopic (exact) mass is 226 g/mol. The molecule has 1 aliphatic carbocycles. The summed E-state index contributed by atoms with van der Waals surface area (Å²) in [6, 6.07) is 0.468. The maximum Gasteiger partial charge on any atom is 0.00793 e. The molecule has 1 saturated carbocycles. The van der Waals surface area contributed by atoms with E-state index in [4.69, 9.17) is 5.73 Å². The van der Waals surface area contributed by atoms with Gasteiger partial charge in [-0.3, -0.25) is 0 Å². The molecule has 2 heteroatoms. The number of rotatable bonds is 7. The van der Waals surface area contributed by atoms with Crippen LogP contribution in [-0.4, -0.2) is 30.6 Å². The first kappa shape index (κ1) is 14.0.